The molecular weight excluding hydrogens is 1070 g/mol. The molecule has 9 nitrogen and oxygen atoms in total. The number of hydrogen-bond acceptors (Lipinski definition) is 8. The van der Waals surface area contributed by atoms with Gasteiger partial charge in [0.2, 0.25) is 0 Å². The maximum Gasteiger partial charge on any atom is 0.306 e. The molecular formula is C75H148NO8P. The number of esters is 2. The van der Waals surface area contributed by atoms with Gasteiger partial charge in [0.1, 0.15) is 19.8 Å². The van der Waals surface area contributed by atoms with Crippen LogP contribution in [0.5, 0.6) is 0 Å². The molecule has 0 heterocycles. The van der Waals surface area contributed by atoms with Crippen molar-refractivity contribution in [3.05, 3.63) is 12.2 Å². The summed E-state index contributed by atoms with van der Waals surface area (Å²) in [5.74, 6) is -0.806. The van der Waals surface area contributed by atoms with Crippen LogP contribution < -0.4 is 4.89 Å². The molecule has 0 rings (SSSR count). The lowest BCUT2D eigenvalue weighted by Crippen LogP contribution is -2.37. The van der Waals surface area contributed by atoms with Crippen molar-refractivity contribution in [2.45, 2.75) is 412 Å². The van der Waals surface area contributed by atoms with E-state index in [0.717, 1.165) is 32.1 Å². The number of quaternary nitrogens is 1. The van der Waals surface area contributed by atoms with Crippen molar-refractivity contribution in [1.29, 1.82) is 0 Å². The van der Waals surface area contributed by atoms with Crippen molar-refractivity contribution in [3.63, 3.8) is 0 Å². The van der Waals surface area contributed by atoms with E-state index in [1.54, 1.807) is 0 Å². The van der Waals surface area contributed by atoms with Crippen LogP contribution >= 0.6 is 7.82 Å². The van der Waals surface area contributed by atoms with Crippen molar-refractivity contribution in [2.75, 3.05) is 47.5 Å². The Hall–Kier alpha value is -1.25. The normalized spacial score (nSPS) is 13.1. The number of allylic oxidation sites excluding steroid dienone is 2. The molecule has 85 heavy (non-hydrogen) atoms. The fourth-order valence-corrected chi connectivity index (χ4v) is 12.4. The molecule has 0 amide bonds. The zero-order valence-electron chi connectivity index (χ0n) is 57.9. The van der Waals surface area contributed by atoms with Crippen LogP contribution in [-0.2, 0) is 32.7 Å². The maximum atomic E-state index is 12.9. The molecule has 0 bridgehead atoms. The van der Waals surface area contributed by atoms with Crippen LogP contribution in [-0.4, -0.2) is 70.0 Å². The zero-order valence-corrected chi connectivity index (χ0v) is 58.7. The van der Waals surface area contributed by atoms with Gasteiger partial charge in [-0.2, -0.15) is 0 Å². The maximum absolute atomic E-state index is 12.9. The van der Waals surface area contributed by atoms with E-state index in [1.165, 1.54) is 340 Å². The van der Waals surface area contributed by atoms with Crippen molar-refractivity contribution < 1.29 is 42.1 Å². The van der Waals surface area contributed by atoms with E-state index in [0.29, 0.717) is 17.4 Å². The summed E-state index contributed by atoms with van der Waals surface area (Å²) in [4.78, 5) is 38.1. The van der Waals surface area contributed by atoms with Gasteiger partial charge in [0.05, 0.1) is 27.7 Å². The highest BCUT2D eigenvalue weighted by molar-refractivity contribution is 7.45. The lowest BCUT2D eigenvalue weighted by atomic mass is 10.0. The number of phosphoric acid groups is 1. The van der Waals surface area contributed by atoms with Gasteiger partial charge in [-0.3, -0.25) is 14.2 Å². The van der Waals surface area contributed by atoms with Gasteiger partial charge in [0.25, 0.3) is 7.82 Å². The van der Waals surface area contributed by atoms with E-state index in [2.05, 4.69) is 26.0 Å². The molecule has 0 radical (unpaired) electrons. The lowest BCUT2D eigenvalue weighted by molar-refractivity contribution is -0.870. The topological polar surface area (TPSA) is 111 Å². The largest absolute Gasteiger partial charge is 0.756 e. The van der Waals surface area contributed by atoms with Gasteiger partial charge in [0.15, 0.2) is 6.10 Å². The molecule has 2 atom stereocenters. The van der Waals surface area contributed by atoms with Crippen LogP contribution in [0.3, 0.4) is 0 Å². The van der Waals surface area contributed by atoms with E-state index >= 15 is 0 Å². The van der Waals surface area contributed by atoms with Gasteiger partial charge in [-0.1, -0.05) is 366 Å². The Morgan fingerprint density at radius 3 is 0.871 bits per heavy atom. The molecule has 0 fully saturated rings. The van der Waals surface area contributed by atoms with Gasteiger partial charge in [-0.05, 0) is 38.5 Å². The van der Waals surface area contributed by atoms with Crippen LogP contribution in [0.2, 0.25) is 0 Å². The minimum atomic E-state index is -4.64. The van der Waals surface area contributed by atoms with E-state index in [1.807, 2.05) is 21.1 Å². The molecule has 0 aromatic rings. The quantitative estimate of drug-likeness (QED) is 0.0195. The summed E-state index contributed by atoms with van der Waals surface area (Å²) in [6, 6.07) is 0. The van der Waals surface area contributed by atoms with Crippen LogP contribution in [0.25, 0.3) is 0 Å². The Kier molecular flexibility index (Phi) is 66.2. The van der Waals surface area contributed by atoms with Gasteiger partial charge in [-0.15, -0.1) is 0 Å². The average Bonchev–Trinajstić information content (AvgIpc) is 3.52. The number of ether oxygens (including phenoxy) is 2. The van der Waals surface area contributed by atoms with Crippen molar-refractivity contribution >= 4 is 19.8 Å². The highest BCUT2D eigenvalue weighted by Gasteiger charge is 2.22. The molecule has 0 aliphatic rings. The van der Waals surface area contributed by atoms with Crippen LogP contribution in [0.15, 0.2) is 12.2 Å². The van der Waals surface area contributed by atoms with Gasteiger partial charge in [-0.25, -0.2) is 0 Å². The fourth-order valence-electron chi connectivity index (χ4n) is 11.7. The van der Waals surface area contributed by atoms with E-state index in [9.17, 15) is 19.0 Å². The predicted octanol–water partition coefficient (Wildman–Crippen LogP) is 24.0. The molecule has 2 unspecified atom stereocenters. The van der Waals surface area contributed by atoms with Crippen LogP contribution in [0.4, 0.5) is 0 Å². The van der Waals surface area contributed by atoms with Crippen LogP contribution in [0, 0.1) is 0 Å². The minimum Gasteiger partial charge on any atom is -0.756 e. The number of unbranched alkanes of at least 4 members (excludes halogenated alkanes) is 56. The average molecular weight is 1220 g/mol. The second-order valence-corrected chi connectivity index (χ2v) is 28.8. The van der Waals surface area contributed by atoms with Crippen molar-refractivity contribution in [3.8, 4) is 0 Å². The Morgan fingerprint density at radius 1 is 0.353 bits per heavy atom. The summed E-state index contributed by atoms with van der Waals surface area (Å²) < 4.78 is 34.4. The molecule has 0 aromatic heterocycles. The summed E-state index contributed by atoms with van der Waals surface area (Å²) in [6.45, 7) is 4.33. The van der Waals surface area contributed by atoms with Crippen LogP contribution in [0.1, 0.15) is 406 Å². The lowest BCUT2D eigenvalue weighted by Gasteiger charge is -2.28. The number of carbonyl (C=O) groups is 2. The number of nitrogens with zero attached hydrogens (tertiary/aromatic N) is 1. The SMILES string of the molecule is CCCCCCCCCC/C=C\CCCCCCCCCCCCCCCCCC(=O)OC(COC(=O)CCCCCCCCCCCCCCCCCCCCCCCCCCCCCCCCCCCC)COP(=O)([O-])OCC[N+](C)(C)C. The van der Waals surface area contributed by atoms with Crippen molar-refractivity contribution in [1.82, 2.24) is 0 Å². The third-order valence-corrected chi connectivity index (χ3v) is 18.5. The summed E-state index contributed by atoms with van der Waals surface area (Å²) in [6.07, 6.45) is 83.3. The highest BCUT2D eigenvalue weighted by Crippen LogP contribution is 2.38. The number of rotatable bonds is 72. The molecule has 506 valence electrons. The minimum absolute atomic E-state index is 0.0261. The third-order valence-electron chi connectivity index (χ3n) is 17.5. The first-order valence-corrected chi connectivity index (χ1v) is 39.4. The molecule has 0 aromatic carbocycles. The summed E-state index contributed by atoms with van der Waals surface area (Å²) in [5.41, 5.74) is 0. The second kappa shape index (κ2) is 67.2. The molecule has 10 heteroatoms. The van der Waals surface area contributed by atoms with E-state index in [4.69, 9.17) is 18.5 Å². The van der Waals surface area contributed by atoms with Gasteiger partial charge >= 0.3 is 11.9 Å². The number of phosphoric ester groups is 1. The summed E-state index contributed by atoms with van der Waals surface area (Å²) in [5, 5.41) is 0. The smallest absolute Gasteiger partial charge is 0.306 e. The first-order chi connectivity index (χ1) is 41.5. The summed E-state index contributed by atoms with van der Waals surface area (Å²) in [7, 11) is 1.19. The van der Waals surface area contributed by atoms with Gasteiger partial charge in [0, 0.05) is 12.8 Å². The Bertz CT molecular complexity index is 1440. The number of hydrogen-bond donors (Lipinski definition) is 0. The number of carbonyl (C=O) groups excluding carboxylic acids is 2. The predicted molar refractivity (Wildman–Crippen MR) is 365 cm³/mol. The number of likely N-dealkylation sites (N-methyl/N-ethyl adjacent to an activating group) is 1. The molecule has 0 spiro atoms. The highest BCUT2D eigenvalue weighted by atomic mass is 31.2. The van der Waals surface area contributed by atoms with E-state index < -0.39 is 26.5 Å². The Morgan fingerprint density at radius 2 is 0.600 bits per heavy atom. The van der Waals surface area contributed by atoms with Crippen molar-refractivity contribution in [2.24, 2.45) is 0 Å². The Labute approximate surface area is 530 Å². The Balaban J connectivity index is 3.92. The molecule has 0 saturated heterocycles. The molecule has 0 N–H and O–H groups in total. The standard InChI is InChI=1S/C75H148NO8P/c1-6-8-10-12-14-16-18-20-22-24-26-28-30-32-34-35-36-37-38-39-40-42-43-45-47-49-51-53-55-57-59-61-63-65-67-74(77)81-71-73(72-83-85(79,80)82-70-69-76(3,4)5)84-75(78)68-66-64-62-60-58-56-54-52-50-48-46-44-41-33-31-29-27-25-23-21-19-17-15-13-11-9-7-2/h25,27,73H,6-24,26,28-72H2,1-5H3/b27-25-. The molecule has 0 saturated carbocycles. The second-order valence-electron chi connectivity index (χ2n) is 27.4. The zero-order chi connectivity index (χ0) is 61.9. The van der Waals surface area contributed by atoms with Gasteiger partial charge < -0.3 is 27.9 Å². The summed E-state index contributed by atoms with van der Waals surface area (Å²) >= 11 is 0. The third kappa shape index (κ3) is 71.7. The molecule has 0 aliphatic carbocycles. The fraction of sp³-hybridized carbons (Fsp3) is 0.947. The first-order valence-electron chi connectivity index (χ1n) is 37.9. The first kappa shape index (κ1) is 83.8. The van der Waals surface area contributed by atoms with E-state index in [-0.39, 0.29) is 32.0 Å². The molecule has 0 aliphatic heterocycles. The monoisotopic (exact) mass is 1220 g/mol.